The molecule has 1 aliphatic heterocycles. The molecule has 6 rings (SSSR count). The monoisotopic (exact) mass is 388 g/mol. The molecule has 2 amide bonds. The Hall–Kier alpha value is -1.10. The van der Waals surface area contributed by atoms with Crippen molar-refractivity contribution in [3.8, 4) is 0 Å². The summed E-state index contributed by atoms with van der Waals surface area (Å²) < 4.78 is 5.65. The van der Waals surface area contributed by atoms with Crippen LogP contribution in [0.1, 0.15) is 70.6 Å². The average Bonchev–Trinajstić information content (AvgIpc) is 3.36. The molecular weight excluding hydrogens is 352 g/mol. The number of hydrogen-bond acceptors (Lipinski definition) is 3. The number of carbonyl (C=O) groups is 2. The van der Waals surface area contributed by atoms with Crippen LogP contribution in [0.4, 0.5) is 0 Å². The average molecular weight is 389 g/mol. The van der Waals surface area contributed by atoms with E-state index in [4.69, 9.17) is 4.74 Å². The van der Waals surface area contributed by atoms with Crippen LogP contribution < -0.4 is 5.32 Å². The first-order valence-electron chi connectivity index (χ1n) is 11.8. The van der Waals surface area contributed by atoms with Crippen molar-refractivity contribution in [2.24, 2.45) is 29.1 Å². The summed E-state index contributed by atoms with van der Waals surface area (Å²) in [6.07, 6.45) is 12.6. The molecule has 0 aromatic heterocycles. The second kappa shape index (κ2) is 7.62. The summed E-state index contributed by atoms with van der Waals surface area (Å²) in [5, 5.41) is 3.07. The predicted molar refractivity (Wildman–Crippen MR) is 107 cm³/mol. The Morgan fingerprint density at radius 1 is 1.00 bits per heavy atom. The van der Waals surface area contributed by atoms with Crippen molar-refractivity contribution < 1.29 is 14.3 Å². The molecule has 1 saturated heterocycles. The summed E-state index contributed by atoms with van der Waals surface area (Å²) in [5.74, 6) is 3.45. The lowest BCUT2D eigenvalue weighted by Gasteiger charge is -2.56. The van der Waals surface area contributed by atoms with Gasteiger partial charge >= 0.3 is 0 Å². The number of hydrogen-bond donors (Lipinski definition) is 1. The highest BCUT2D eigenvalue weighted by molar-refractivity contribution is 5.91. The van der Waals surface area contributed by atoms with Gasteiger partial charge in [-0.25, -0.2) is 0 Å². The summed E-state index contributed by atoms with van der Waals surface area (Å²) in [5.41, 5.74) is -0.131. The highest BCUT2D eigenvalue weighted by atomic mass is 16.5. The normalized spacial score (nSPS) is 38.8. The number of ether oxygens (including phenoxy) is 1. The van der Waals surface area contributed by atoms with Gasteiger partial charge in [-0.3, -0.25) is 9.59 Å². The standard InChI is InChI=1S/C23H36N2O3/c26-21(24-6-2-8-28-15-16-4-5-16)20-3-1-7-25(20)22(27)23-12-17-9-18(13-23)11-19(10-17)14-23/h16-20H,1-15H2,(H,24,26). The van der Waals surface area contributed by atoms with Crippen LogP contribution in [0.2, 0.25) is 0 Å². The van der Waals surface area contributed by atoms with Crippen LogP contribution in [0, 0.1) is 29.1 Å². The summed E-state index contributed by atoms with van der Waals surface area (Å²) in [4.78, 5) is 28.4. The van der Waals surface area contributed by atoms with Gasteiger partial charge in [-0.1, -0.05) is 0 Å². The molecule has 5 heteroatoms. The van der Waals surface area contributed by atoms with E-state index in [2.05, 4.69) is 5.32 Å². The molecular formula is C23H36N2O3. The SMILES string of the molecule is O=C(NCCCOCC1CC1)C1CCCN1C(=O)C12CC3CC(CC(C3)C1)C2. The van der Waals surface area contributed by atoms with Crippen LogP contribution in [-0.2, 0) is 14.3 Å². The molecule has 156 valence electrons. The molecule has 1 atom stereocenters. The molecule has 0 aromatic carbocycles. The number of nitrogens with zero attached hydrogens (tertiary/aromatic N) is 1. The summed E-state index contributed by atoms with van der Waals surface area (Å²) >= 11 is 0. The van der Waals surface area contributed by atoms with Gasteiger partial charge in [-0.05, 0) is 94.3 Å². The van der Waals surface area contributed by atoms with Crippen molar-refractivity contribution in [1.29, 1.82) is 0 Å². The summed E-state index contributed by atoms with van der Waals surface area (Å²) in [6, 6.07) is -0.243. The van der Waals surface area contributed by atoms with Crippen LogP contribution in [-0.4, -0.2) is 49.1 Å². The van der Waals surface area contributed by atoms with E-state index in [1.165, 1.54) is 32.1 Å². The maximum atomic E-state index is 13.6. The zero-order valence-corrected chi connectivity index (χ0v) is 17.2. The van der Waals surface area contributed by atoms with E-state index in [1.54, 1.807) is 0 Å². The fourth-order valence-electron chi connectivity index (χ4n) is 7.00. The van der Waals surface area contributed by atoms with Gasteiger partial charge < -0.3 is 15.0 Å². The number of nitrogens with one attached hydrogen (secondary N) is 1. The lowest BCUT2D eigenvalue weighted by atomic mass is 9.49. The third kappa shape index (κ3) is 3.71. The van der Waals surface area contributed by atoms with E-state index in [0.717, 1.165) is 82.0 Å². The Morgan fingerprint density at radius 2 is 1.68 bits per heavy atom. The van der Waals surface area contributed by atoms with Crippen LogP contribution in [0.5, 0.6) is 0 Å². The van der Waals surface area contributed by atoms with Crippen LogP contribution in [0.3, 0.4) is 0 Å². The van der Waals surface area contributed by atoms with Crippen molar-refractivity contribution in [3.63, 3.8) is 0 Å². The molecule has 1 unspecified atom stereocenters. The smallest absolute Gasteiger partial charge is 0.242 e. The largest absolute Gasteiger partial charge is 0.381 e. The van der Waals surface area contributed by atoms with Crippen molar-refractivity contribution in [3.05, 3.63) is 0 Å². The van der Waals surface area contributed by atoms with Gasteiger partial charge in [0.05, 0.1) is 5.41 Å². The second-order valence-corrected chi connectivity index (χ2v) is 10.5. The Labute approximate surface area is 168 Å². The third-order valence-electron chi connectivity index (χ3n) is 8.12. The van der Waals surface area contributed by atoms with E-state index >= 15 is 0 Å². The van der Waals surface area contributed by atoms with Gasteiger partial charge in [0, 0.05) is 26.3 Å². The Balaban J connectivity index is 1.14. The zero-order chi connectivity index (χ0) is 19.1. The second-order valence-electron chi connectivity index (χ2n) is 10.5. The van der Waals surface area contributed by atoms with E-state index < -0.39 is 0 Å². The molecule has 6 fully saturated rings. The fraction of sp³-hybridized carbons (Fsp3) is 0.913. The Kier molecular flexibility index (Phi) is 5.14. The fourth-order valence-corrected chi connectivity index (χ4v) is 7.00. The topological polar surface area (TPSA) is 58.6 Å². The minimum atomic E-state index is -0.243. The highest BCUT2D eigenvalue weighted by Gasteiger charge is 2.56. The van der Waals surface area contributed by atoms with Gasteiger partial charge in [0.2, 0.25) is 11.8 Å². The Bertz CT molecular complexity index is 580. The maximum Gasteiger partial charge on any atom is 0.242 e. The van der Waals surface area contributed by atoms with E-state index in [-0.39, 0.29) is 17.4 Å². The zero-order valence-electron chi connectivity index (χ0n) is 17.2. The number of carbonyl (C=O) groups excluding carboxylic acids is 2. The molecule has 0 radical (unpaired) electrons. The van der Waals surface area contributed by atoms with Gasteiger partial charge in [0.1, 0.15) is 6.04 Å². The minimum Gasteiger partial charge on any atom is -0.381 e. The number of rotatable bonds is 8. The lowest BCUT2D eigenvalue weighted by Crippen LogP contribution is -2.57. The first-order valence-corrected chi connectivity index (χ1v) is 11.8. The van der Waals surface area contributed by atoms with Crippen molar-refractivity contribution >= 4 is 11.8 Å². The molecule has 5 saturated carbocycles. The van der Waals surface area contributed by atoms with Crippen LogP contribution in [0.25, 0.3) is 0 Å². The molecule has 1 N–H and O–H groups in total. The van der Waals surface area contributed by atoms with Gasteiger partial charge in [0.15, 0.2) is 0 Å². The minimum absolute atomic E-state index is 0.0535. The molecule has 0 aromatic rings. The quantitative estimate of drug-likeness (QED) is 0.650. The van der Waals surface area contributed by atoms with Crippen LogP contribution in [0.15, 0.2) is 0 Å². The van der Waals surface area contributed by atoms with Crippen molar-refractivity contribution in [2.75, 3.05) is 26.3 Å². The lowest BCUT2D eigenvalue weighted by molar-refractivity contribution is -0.160. The van der Waals surface area contributed by atoms with E-state index in [9.17, 15) is 9.59 Å². The maximum absolute atomic E-state index is 13.6. The van der Waals surface area contributed by atoms with Gasteiger partial charge in [-0.2, -0.15) is 0 Å². The number of amides is 2. The molecule has 4 bridgehead atoms. The van der Waals surface area contributed by atoms with Crippen molar-refractivity contribution in [1.82, 2.24) is 10.2 Å². The highest BCUT2D eigenvalue weighted by Crippen LogP contribution is 2.60. The molecule has 0 spiro atoms. The molecule has 1 heterocycles. The molecule has 5 aliphatic carbocycles. The summed E-state index contributed by atoms with van der Waals surface area (Å²) in [7, 11) is 0. The third-order valence-corrected chi connectivity index (χ3v) is 8.12. The molecule has 6 aliphatic rings. The van der Waals surface area contributed by atoms with Gasteiger partial charge in [0.25, 0.3) is 0 Å². The summed E-state index contributed by atoms with van der Waals surface area (Å²) in [6.45, 7) is 3.02. The first kappa shape index (κ1) is 18.9. The van der Waals surface area contributed by atoms with Gasteiger partial charge in [-0.15, -0.1) is 0 Å². The van der Waals surface area contributed by atoms with Crippen molar-refractivity contribution in [2.45, 2.75) is 76.7 Å². The van der Waals surface area contributed by atoms with Crippen LogP contribution >= 0.6 is 0 Å². The number of likely N-dealkylation sites (tertiary alicyclic amines) is 1. The molecule has 28 heavy (non-hydrogen) atoms. The first-order chi connectivity index (χ1) is 13.6. The predicted octanol–water partition coefficient (Wildman–Crippen LogP) is 3.13. The van der Waals surface area contributed by atoms with E-state index in [0.29, 0.717) is 12.5 Å². The molecule has 5 nitrogen and oxygen atoms in total. The van der Waals surface area contributed by atoms with E-state index in [1.807, 2.05) is 4.90 Å². The Morgan fingerprint density at radius 3 is 2.32 bits per heavy atom.